The number of pyridine rings is 1. The molecule has 2 nitrogen and oxygen atoms in total. The predicted octanol–water partition coefficient (Wildman–Crippen LogP) is 2.56. The molecule has 1 aromatic heterocycles. The first-order valence-corrected chi connectivity index (χ1v) is 4.57. The van der Waals surface area contributed by atoms with E-state index in [0.717, 1.165) is 0 Å². The first-order chi connectivity index (χ1) is 6.60. The van der Waals surface area contributed by atoms with Crippen molar-refractivity contribution in [3.8, 4) is 0 Å². The Hall–Kier alpha value is -0.740. The number of hydrogen-bond donors (Lipinski definition) is 1. The number of aliphatic hydroxyl groups is 1. The van der Waals surface area contributed by atoms with Crippen LogP contribution < -0.4 is 0 Å². The lowest BCUT2D eigenvalue weighted by Crippen LogP contribution is -2.02. The molecule has 0 amide bonds. The Kier molecular flexibility index (Phi) is 3.77. The van der Waals surface area contributed by atoms with E-state index >= 15 is 0 Å². The molecule has 0 radical (unpaired) electrons. The van der Waals surface area contributed by atoms with Gasteiger partial charge in [0, 0.05) is 11.3 Å². The highest BCUT2D eigenvalue weighted by Gasteiger charge is 2.15. The highest BCUT2D eigenvalue weighted by molar-refractivity contribution is 6.17. The smallest absolute Gasteiger partial charge is 0.265 e. The molecule has 14 heavy (non-hydrogen) atoms. The Morgan fingerprint density at radius 3 is 2.64 bits per heavy atom. The predicted molar refractivity (Wildman–Crippen MR) is 49.4 cm³/mol. The Balaban J connectivity index is 3.25. The summed E-state index contributed by atoms with van der Waals surface area (Å²) in [6, 6.07) is 1.25. The van der Waals surface area contributed by atoms with Crippen LogP contribution in [0.5, 0.6) is 0 Å². The summed E-state index contributed by atoms with van der Waals surface area (Å²) >= 11 is 5.49. The lowest BCUT2D eigenvalue weighted by atomic mass is 10.1. The number of hydrogen-bond acceptors (Lipinski definition) is 2. The second kappa shape index (κ2) is 4.66. The standard InChI is InChI=1S/C9H10ClF2NO/c1-5-6(4-14)2-7(9(11)12)8(3-10)13-5/h2,9,14H,3-4H2,1H3. The van der Waals surface area contributed by atoms with Gasteiger partial charge in [-0.25, -0.2) is 8.78 Å². The highest BCUT2D eigenvalue weighted by atomic mass is 35.5. The molecule has 1 rings (SSSR count). The van der Waals surface area contributed by atoms with Gasteiger partial charge in [-0.05, 0) is 18.6 Å². The van der Waals surface area contributed by atoms with E-state index in [-0.39, 0.29) is 23.7 Å². The normalized spacial score (nSPS) is 11.0. The molecule has 0 aliphatic heterocycles. The molecule has 0 aliphatic carbocycles. The van der Waals surface area contributed by atoms with E-state index in [4.69, 9.17) is 16.7 Å². The van der Waals surface area contributed by atoms with E-state index in [9.17, 15) is 8.78 Å². The monoisotopic (exact) mass is 221 g/mol. The van der Waals surface area contributed by atoms with Gasteiger partial charge in [0.05, 0.1) is 18.2 Å². The largest absolute Gasteiger partial charge is 0.392 e. The van der Waals surface area contributed by atoms with E-state index in [1.54, 1.807) is 6.92 Å². The maximum absolute atomic E-state index is 12.5. The quantitative estimate of drug-likeness (QED) is 0.796. The SMILES string of the molecule is Cc1nc(CCl)c(C(F)F)cc1CO. The number of halogens is 3. The average Bonchev–Trinajstić information content (AvgIpc) is 2.16. The fourth-order valence-corrected chi connectivity index (χ4v) is 1.38. The molecule has 0 saturated heterocycles. The van der Waals surface area contributed by atoms with Crippen molar-refractivity contribution in [2.45, 2.75) is 25.8 Å². The van der Waals surface area contributed by atoms with Crippen LogP contribution in [0.4, 0.5) is 8.78 Å². The van der Waals surface area contributed by atoms with Crippen LogP contribution >= 0.6 is 11.6 Å². The van der Waals surface area contributed by atoms with Crippen molar-refractivity contribution in [2.24, 2.45) is 0 Å². The van der Waals surface area contributed by atoms with Gasteiger partial charge < -0.3 is 5.11 Å². The van der Waals surface area contributed by atoms with Gasteiger partial charge >= 0.3 is 0 Å². The van der Waals surface area contributed by atoms with Crippen LogP contribution in [-0.2, 0) is 12.5 Å². The summed E-state index contributed by atoms with van der Waals surface area (Å²) in [5, 5.41) is 8.87. The Morgan fingerprint density at radius 2 is 2.21 bits per heavy atom. The zero-order valence-electron chi connectivity index (χ0n) is 7.60. The first kappa shape index (κ1) is 11.3. The summed E-state index contributed by atoms with van der Waals surface area (Å²) < 4.78 is 25.0. The van der Waals surface area contributed by atoms with Crippen molar-refractivity contribution < 1.29 is 13.9 Å². The van der Waals surface area contributed by atoms with E-state index < -0.39 is 6.43 Å². The Bertz CT molecular complexity index is 331. The topological polar surface area (TPSA) is 33.1 Å². The van der Waals surface area contributed by atoms with Gasteiger partial charge in [0.2, 0.25) is 0 Å². The van der Waals surface area contributed by atoms with Gasteiger partial charge in [0.15, 0.2) is 0 Å². The maximum Gasteiger partial charge on any atom is 0.265 e. The lowest BCUT2D eigenvalue weighted by molar-refractivity contribution is 0.149. The van der Waals surface area contributed by atoms with E-state index in [0.29, 0.717) is 11.3 Å². The van der Waals surface area contributed by atoms with Gasteiger partial charge in [-0.15, -0.1) is 11.6 Å². The van der Waals surface area contributed by atoms with Crippen molar-refractivity contribution in [1.29, 1.82) is 0 Å². The summed E-state index contributed by atoms with van der Waals surface area (Å²) in [5.74, 6) is -0.0494. The number of nitrogens with zero attached hydrogens (tertiary/aromatic N) is 1. The van der Waals surface area contributed by atoms with E-state index in [1.165, 1.54) is 6.07 Å². The first-order valence-electron chi connectivity index (χ1n) is 4.04. The molecular formula is C9H10ClF2NO. The molecule has 1 heterocycles. The Morgan fingerprint density at radius 1 is 1.57 bits per heavy atom. The third-order valence-electron chi connectivity index (χ3n) is 1.96. The van der Waals surface area contributed by atoms with Gasteiger partial charge in [-0.3, -0.25) is 4.98 Å². The molecular weight excluding hydrogens is 212 g/mol. The van der Waals surface area contributed by atoms with Crippen LogP contribution in [-0.4, -0.2) is 10.1 Å². The van der Waals surface area contributed by atoms with Crippen molar-refractivity contribution in [1.82, 2.24) is 4.98 Å². The molecule has 0 atom stereocenters. The number of alkyl halides is 3. The van der Waals surface area contributed by atoms with E-state index in [1.807, 2.05) is 0 Å². The van der Waals surface area contributed by atoms with E-state index in [2.05, 4.69) is 4.98 Å². The minimum Gasteiger partial charge on any atom is -0.392 e. The van der Waals surface area contributed by atoms with Crippen LogP contribution in [0.1, 0.15) is 28.9 Å². The van der Waals surface area contributed by atoms with Crippen molar-refractivity contribution in [2.75, 3.05) is 0 Å². The van der Waals surface area contributed by atoms with Crippen LogP contribution in [0, 0.1) is 6.92 Å². The summed E-state index contributed by atoms with van der Waals surface area (Å²) in [7, 11) is 0. The molecule has 1 N–H and O–H groups in total. The molecule has 0 saturated carbocycles. The zero-order chi connectivity index (χ0) is 10.7. The molecule has 0 aliphatic rings. The van der Waals surface area contributed by atoms with Gasteiger partial charge in [0.1, 0.15) is 0 Å². The van der Waals surface area contributed by atoms with Gasteiger partial charge in [-0.1, -0.05) is 0 Å². The van der Waals surface area contributed by atoms with Crippen LogP contribution in [0.3, 0.4) is 0 Å². The van der Waals surface area contributed by atoms with Gasteiger partial charge in [0.25, 0.3) is 6.43 Å². The molecule has 5 heteroatoms. The minimum absolute atomic E-state index is 0.0494. The summed E-state index contributed by atoms with van der Waals surface area (Å²) in [4.78, 5) is 3.91. The van der Waals surface area contributed by atoms with Crippen LogP contribution in [0.15, 0.2) is 6.07 Å². The number of aromatic nitrogens is 1. The second-order valence-electron chi connectivity index (χ2n) is 2.86. The zero-order valence-corrected chi connectivity index (χ0v) is 8.35. The molecule has 1 aromatic rings. The van der Waals surface area contributed by atoms with Crippen LogP contribution in [0.25, 0.3) is 0 Å². The molecule has 78 valence electrons. The molecule has 0 fully saturated rings. The summed E-state index contributed by atoms with van der Waals surface area (Å²) in [6.45, 7) is 1.36. The second-order valence-corrected chi connectivity index (χ2v) is 3.13. The third-order valence-corrected chi connectivity index (χ3v) is 2.22. The summed E-state index contributed by atoms with van der Waals surface area (Å²) in [5.41, 5.74) is 0.924. The molecule has 0 aromatic carbocycles. The van der Waals surface area contributed by atoms with Crippen molar-refractivity contribution in [3.05, 3.63) is 28.6 Å². The molecule has 0 spiro atoms. The van der Waals surface area contributed by atoms with Crippen molar-refractivity contribution in [3.63, 3.8) is 0 Å². The minimum atomic E-state index is -2.61. The number of aryl methyl sites for hydroxylation is 1. The maximum atomic E-state index is 12.5. The molecule has 0 bridgehead atoms. The van der Waals surface area contributed by atoms with Crippen LogP contribution in [0.2, 0.25) is 0 Å². The fourth-order valence-electron chi connectivity index (χ4n) is 1.17. The molecule has 0 unspecified atom stereocenters. The Labute approximate surface area is 85.5 Å². The fraction of sp³-hybridized carbons (Fsp3) is 0.444. The van der Waals surface area contributed by atoms with Gasteiger partial charge in [-0.2, -0.15) is 0 Å². The number of rotatable bonds is 3. The van der Waals surface area contributed by atoms with Crippen molar-refractivity contribution >= 4 is 11.6 Å². The average molecular weight is 222 g/mol. The highest BCUT2D eigenvalue weighted by Crippen LogP contribution is 2.25. The third kappa shape index (κ3) is 2.19. The lowest BCUT2D eigenvalue weighted by Gasteiger charge is -2.09. The summed E-state index contributed by atoms with van der Waals surface area (Å²) in [6.07, 6.45) is -2.61. The number of aliphatic hydroxyl groups excluding tert-OH is 1.